The molecule has 0 saturated carbocycles. The second kappa shape index (κ2) is 3.86. The molecule has 66 valence electrons. The van der Waals surface area contributed by atoms with E-state index in [9.17, 15) is 4.79 Å². The highest BCUT2D eigenvalue weighted by Gasteiger charge is 2.07. The van der Waals surface area contributed by atoms with Gasteiger partial charge in [-0.3, -0.25) is 9.78 Å². The van der Waals surface area contributed by atoms with Crippen LogP contribution in [0.2, 0.25) is 0 Å². The maximum absolute atomic E-state index is 11.4. The number of terminal acetylenes is 1. The molecule has 0 saturated heterocycles. The molecule has 13 heavy (non-hydrogen) atoms. The largest absolute Gasteiger partial charge is 0.293 e. The minimum atomic E-state index is -0.0347. The number of hydrogen-bond donors (Lipinski definition) is 0. The highest BCUT2D eigenvalue weighted by Crippen LogP contribution is 2.08. The molecule has 0 aliphatic rings. The van der Waals surface area contributed by atoms with Gasteiger partial charge in [-0.1, -0.05) is 5.92 Å². The van der Waals surface area contributed by atoms with Gasteiger partial charge in [0, 0.05) is 17.0 Å². The Morgan fingerprint density at radius 2 is 2.23 bits per heavy atom. The smallest absolute Gasteiger partial charge is 0.176 e. The Labute approximate surface area is 78.0 Å². The van der Waals surface area contributed by atoms with Crippen LogP contribution in [0.4, 0.5) is 0 Å². The van der Waals surface area contributed by atoms with Crippen LogP contribution in [0, 0.1) is 26.2 Å². The van der Waals surface area contributed by atoms with Crippen molar-refractivity contribution in [2.24, 2.45) is 0 Å². The average Bonchev–Trinajstić information content (AvgIpc) is 2.04. The molecule has 2 heteroatoms. The Kier molecular flexibility index (Phi) is 2.81. The zero-order valence-electron chi connectivity index (χ0n) is 7.79. The van der Waals surface area contributed by atoms with Gasteiger partial charge in [0.1, 0.15) is 0 Å². The molecule has 1 heterocycles. The van der Waals surface area contributed by atoms with E-state index in [1.54, 1.807) is 6.07 Å². The molecule has 0 bridgehead atoms. The fourth-order valence-electron chi connectivity index (χ4n) is 1.17. The summed E-state index contributed by atoms with van der Waals surface area (Å²) in [5.74, 6) is 2.30. The fraction of sp³-hybridized carbons (Fsp3) is 0.273. The lowest BCUT2D eigenvalue weighted by atomic mass is 10.1. The van der Waals surface area contributed by atoms with Gasteiger partial charge in [0.2, 0.25) is 0 Å². The van der Waals surface area contributed by atoms with Crippen molar-refractivity contribution in [1.82, 2.24) is 4.98 Å². The third-order valence-electron chi connectivity index (χ3n) is 1.79. The first kappa shape index (κ1) is 9.47. The van der Waals surface area contributed by atoms with Crippen LogP contribution in [0.3, 0.4) is 0 Å². The first-order valence-electron chi connectivity index (χ1n) is 4.06. The van der Waals surface area contributed by atoms with Crippen molar-refractivity contribution < 1.29 is 4.79 Å². The van der Waals surface area contributed by atoms with Crippen molar-refractivity contribution in [2.75, 3.05) is 0 Å². The summed E-state index contributed by atoms with van der Waals surface area (Å²) >= 11 is 0. The topological polar surface area (TPSA) is 30.0 Å². The van der Waals surface area contributed by atoms with E-state index in [2.05, 4.69) is 10.9 Å². The predicted octanol–water partition coefficient (Wildman–Crippen LogP) is 1.90. The van der Waals surface area contributed by atoms with Crippen LogP contribution in [-0.2, 0) is 0 Å². The predicted molar refractivity (Wildman–Crippen MR) is 51.5 cm³/mol. The van der Waals surface area contributed by atoms with Crippen molar-refractivity contribution in [3.63, 3.8) is 0 Å². The van der Waals surface area contributed by atoms with E-state index in [0.717, 1.165) is 11.4 Å². The molecular weight excluding hydrogens is 162 g/mol. The van der Waals surface area contributed by atoms with Gasteiger partial charge in [-0.25, -0.2) is 0 Å². The first-order valence-corrected chi connectivity index (χ1v) is 4.06. The summed E-state index contributed by atoms with van der Waals surface area (Å²) in [4.78, 5) is 15.6. The van der Waals surface area contributed by atoms with E-state index in [1.165, 1.54) is 0 Å². The summed E-state index contributed by atoms with van der Waals surface area (Å²) in [5, 5.41) is 0. The van der Waals surface area contributed by atoms with Gasteiger partial charge < -0.3 is 0 Å². The summed E-state index contributed by atoms with van der Waals surface area (Å²) in [5.41, 5.74) is 2.29. The molecule has 1 rings (SSSR count). The highest BCUT2D eigenvalue weighted by molar-refractivity contribution is 5.98. The molecule has 0 spiro atoms. The Balaban J connectivity index is 3.03. The first-order chi connectivity index (χ1) is 6.15. The van der Waals surface area contributed by atoms with Gasteiger partial charge in [0.15, 0.2) is 5.78 Å². The third-order valence-corrected chi connectivity index (χ3v) is 1.79. The maximum Gasteiger partial charge on any atom is 0.176 e. The van der Waals surface area contributed by atoms with Crippen LogP contribution in [0.1, 0.15) is 28.2 Å². The second-order valence-electron chi connectivity index (χ2n) is 2.89. The monoisotopic (exact) mass is 173 g/mol. The van der Waals surface area contributed by atoms with Gasteiger partial charge in [0.25, 0.3) is 0 Å². The fourth-order valence-corrected chi connectivity index (χ4v) is 1.17. The van der Waals surface area contributed by atoms with Gasteiger partial charge in [-0.2, -0.15) is 0 Å². The Hall–Kier alpha value is -1.62. The molecule has 1 aromatic rings. The minimum absolute atomic E-state index is 0.0347. The minimum Gasteiger partial charge on any atom is -0.293 e. The molecule has 0 N–H and O–H groups in total. The Morgan fingerprint density at radius 3 is 2.77 bits per heavy atom. The van der Waals surface area contributed by atoms with Crippen LogP contribution in [-0.4, -0.2) is 10.8 Å². The lowest BCUT2D eigenvalue weighted by Gasteiger charge is -2.02. The van der Waals surface area contributed by atoms with E-state index < -0.39 is 0 Å². The number of nitrogens with zero attached hydrogens (tertiary/aromatic N) is 1. The number of hydrogen-bond acceptors (Lipinski definition) is 2. The van der Waals surface area contributed by atoms with E-state index in [0.29, 0.717) is 5.56 Å². The summed E-state index contributed by atoms with van der Waals surface area (Å²) in [6.45, 7) is 3.71. The zero-order chi connectivity index (χ0) is 9.84. The standard InChI is InChI=1S/C11H11NO/c1-4-5-11(13)10-7-6-8(2)12-9(10)3/h1,6-7H,5H2,2-3H3. The van der Waals surface area contributed by atoms with Crippen molar-refractivity contribution in [3.8, 4) is 12.3 Å². The van der Waals surface area contributed by atoms with Gasteiger partial charge >= 0.3 is 0 Å². The van der Waals surface area contributed by atoms with Crippen molar-refractivity contribution in [2.45, 2.75) is 20.3 Å². The lowest BCUT2D eigenvalue weighted by Crippen LogP contribution is -2.02. The molecule has 0 aliphatic heterocycles. The number of carbonyl (C=O) groups excluding carboxylic acids is 1. The molecule has 0 aliphatic carbocycles. The summed E-state index contributed by atoms with van der Waals surface area (Å²) in [6, 6.07) is 3.59. The molecule has 0 unspecified atom stereocenters. The molecule has 0 radical (unpaired) electrons. The molecule has 2 nitrogen and oxygen atoms in total. The van der Waals surface area contributed by atoms with Gasteiger partial charge in [-0.15, -0.1) is 6.42 Å². The number of aromatic nitrogens is 1. The second-order valence-corrected chi connectivity index (χ2v) is 2.89. The summed E-state index contributed by atoms with van der Waals surface area (Å²) in [6.07, 6.45) is 5.20. The number of aryl methyl sites for hydroxylation is 2. The summed E-state index contributed by atoms with van der Waals surface area (Å²) < 4.78 is 0. The van der Waals surface area contributed by atoms with Gasteiger partial charge in [-0.05, 0) is 26.0 Å². The number of pyridine rings is 1. The maximum atomic E-state index is 11.4. The molecular formula is C11H11NO. The van der Waals surface area contributed by atoms with E-state index in [1.807, 2.05) is 19.9 Å². The number of ketones is 1. The average molecular weight is 173 g/mol. The van der Waals surface area contributed by atoms with Gasteiger partial charge in [0.05, 0.1) is 6.42 Å². The van der Waals surface area contributed by atoms with Crippen molar-refractivity contribution in [3.05, 3.63) is 29.1 Å². The van der Waals surface area contributed by atoms with Crippen LogP contribution in [0.25, 0.3) is 0 Å². The van der Waals surface area contributed by atoms with Crippen molar-refractivity contribution >= 4 is 5.78 Å². The molecule has 0 fully saturated rings. The zero-order valence-corrected chi connectivity index (χ0v) is 7.79. The van der Waals surface area contributed by atoms with E-state index in [-0.39, 0.29) is 12.2 Å². The van der Waals surface area contributed by atoms with Crippen LogP contribution in [0.5, 0.6) is 0 Å². The van der Waals surface area contributed by atoms with Crippen LogP contribution >= 0.6 is 0 Å². The Bertz CT molecular complexity index is 374. The number of carbonyl (C=O) groups is 1. The normalized spacial score (nSPS) is 9.31. The highest BCUT2D eigenvalue weighted by atomic mass is 16.1. The molecule has 0 amide bonds. The van der Waals surface area contributed by atoms with Crippen molar-refractivity contribution in [1.29, 1.82) is 0 Å². The Morgan fingerprint density at radius 1 is 1.54 bits per heavy atom. The lowest BCUT2D eigenvalue weighted by molar-refractivity contribution is 0.0997. The quantitative estimate of drug-likeness (QED) is 0.505. The van der Waals surface area contributed by atoms with E-state index >= 15 is 0 Å². The molecule has 0 aromatic carbocycles. The SMILES string of the molecule is C#CCC(=O)c1ccc(C)nc1C. The van der Waals surface area contributed by atoms with Crippen LogP contribution in [0.15, 0.2) is 12.1 Å². The third kappa shape index (κ3) is 2.16. The number of Topliss-reactive ketones (excluding diaryl/α,β-unsaturated/α-hetero) is 1. The summed E-state index contributed by atoms with van der Waals surface area (Å²) in [7, 11) is 0. The molecule has 0 atom stereocenters. The molecule has 1 aromatic heterocycles. The van der Waals surface area contributed by atoms with E-state index in [4.69, 9.17) is 6.42 Å². The number of rotatable bonds is 2. The van der Waals surface area contributed by atoms with Crippen LogP contribution < -0.4 is 0 Å².